The van der Waals surface area contributed by atoms with Crippen molar-refractivity contribution in [2.45, 2.75) is 19.1 Å². The van der Waals surface area contributed by atoms with Gasteiger partial charge in [-0.25, -0.2) is 8.91 Å². The van der Waals surface area contributed by atoms with Gasteiger partial charge in [-0.15, -0.1) is 5.10 Å². The highest BCUT2D eigenvalue weighted by Gasteiger charge is 2.27. The number of carbonyl (C=O) groups is 1. The van der Waals surface area contributed by atoms with E-state index >= 15 is 0 Å². The Kier molecular flexibility index (Phi) is 6.06. The second-order valence-corrected chi connectivity index (χ2v) is 8.76. The first-order valence-electron chi connectivity index (χ1n) is 11.4. The number of rotatable bonds is 6. The van der Waals surface area contributed by atoms with Gasteiger partial charge in [-0.05, 0) is 60.0 Å². The molecular weight excluding hydrogens is 488 g/mol. The van der Waals surface area contributed by atoms with Crippen LogP contribution in [0.1, 0.15) is 28.9 Å². The number of aromatic nitrogens is 4. The Hall–Kier alpha value is -4.41. The number of nitrogens with zero attached hydrogens (tertiary/aromatic N) is 4. The van der Waals surface area contributed by atoms with Crippen molar-refractivity contribution >= 4 is 28.4 Å². The van der Waals surface area contributed by atoms with E-state index in [0.29, 0.717) is 16.8 Å². The number of fused-ring (bicyclic) bond motifs is 2. The summed E-state index contributed by atoms with van der Waals surface area (Å²) < 4.78 is 54.4. The van der Waals surface area contributed by atoms with Gasteiger partial charge in [0.1, 0.15) is 12.4 Å². The minimum atomic E-state index is -4.38. The van der Waals surface area contributed by atoms with E-state index in [-0.39, 0.29) is 17.7 Å². The van der Waals surface area contributed by atoms with Crippen molar-refractivity contribution in [3.8, 4) is 11.1 Å². The van der Waals surface area contributed by atoms with Crippen molar-refractivity contribution in [3.05, 3.63) is 83.9 Å². The summed E-state index contributed by atoms with van der Waals surface area (Å²) in [7, 11) is 1.84. The monoisotopic (exact) mass is 510 g/mol. The maximum atomic E-state index is 13.6. The average Bonchev–Trinajstić information content (AvgIpc) is 3.42. The number of alkyl halides is 3. The SMILES string of the molecule is C[C@H](NC(=O)c1cn(C)c2ccc(-c3ccn4nc(NCC(F)(F)F)nc4c3)cc12)c1cccc(F)c1. The fourth-order valence-electron chi connectivity index (χ4n) is 4.20. The number of amides is 1. The van der Waals surface area contributed by atoms with Crippen molar-refractivity contribution in [2.75, 3.05) is 11.9 Å². The van der Waals surface area contributed by atoms with Gasteiger partial charge in [0, 0.05) is 30.3 Å². The zero-order valence-corrected chi connectivity index (χ0v) is 19.8. The Bertz CT molecular complexity index is 1620. The number of anilines is 1. The van der Waals surface area contributed by atoms with Crippen LogP contribution in [-0.4, -0.2) is 37.8 Å². The number of halogens is 4. The Balaban J connectivity index is 1.44. The summed E-state index contributed by atoms with van der Waals surface area (Å²) >= 11 is 0. The molecule has 0 fully saturated rings. The Labute approximate surface area is 208 Å². The number of carbonyl (C=O) groups excluding carboxylic acids is 1. The Morgan fingerprint density at radius 1 is 1.08 bits per heavy atom. The molecule has 0 spiro atoms. The minimum Gasteiger partial charge on any atom is -0.350 e. The van der Waals surface area contributed by atoms with Crippen molar-refractivity contribution in [1.29, 1.82) is 0 Å². The summed E-state index contributed by atoms with van der Waals surface area (Å²) in [5.74, 6) is -0.798. The van der Waals surface area contributed by atoms with E-state index in [0.717, 1.165) is 22.0 Å². The topological polar surface area (TPSA) is 76.2 Å². The van der Waals surface area contributed by atoms with Crippen molar-refractivity contribution in [1.82, 2.24) is 24.5 Å². The molecule has 0 aliphatic rings. The molecule has 0 bridgehead atoms. The molecule has 5 rings (SSSR count). The first-order chi connectivity index (χ1) is 17.6. The van der Waals surface area contributed by atoms with Crippen LogP contribution in [0.3, 0.4) is 0 Å². The molecular formula is C26H22F4N6O. The molecule has 2 N–H and O–H groups in total. The molecule has 0 aliphatic carbocycles. The van der Waals surface area contributed by atoms with Gasteiger partial charge >= 0.3 is 6.18 Å². The largest absolute Gasteiger partial charge is 0.405 e. The van der Waals surface area contributed by atoms with E-state index in [1.54, 1.807) is 43.6 Å². The van der Waals surface area contributed by atoms with E-state index in [9.17, 15) is 22.4 Å². The number of pyridine rings is 1. The zero-order valence-electron chi connectivity index (χ0n) is 19.8. The second kappa shape index (κ2) is 9.23. The number of benzene rings is 2. The van der Waals surface area contributed by atoms with Gasteiger partial charge in [0.25, 0.3) is 5.91 Å². The molecule has 0 saturated heterocycles. The van der Waals surface area contributed by atoms with Gasteiger partial charge in [0.2, 0.25) is 5.95 Å². The molecule has 1 amide bonds. The molecule has 11 heteroatoms. The lowest BCUT2D eigenvalue weighted by Crippen LogP contribution is -2.26. The highest BCUT2D eigenvalue weighted by atomic mass is 19.4. The fourth-order valence-corrected chi connectivity index (χ4v) is 4.20. The van der Waals surface area contributed by atoms with E-state index in [2.05, 4.69) is 20.7 Å². The lowest BCUT2D eigenvalue weighted by Gasteiger charge is -2.14. The van der Waals surface area contributed by atoms with Gasteiger partial charge < -0.3 is 15.2 Å². The van der Waals surface area contributed by atoms with Crippen LogP contribution in [-0.2, 0) is 7.05 Å². The van der Waals surface area contributed by atoms with Crippen molar-refractivity contribution in [3.63, 3.8) is 0 Å². The summed E-state index contributed by atoms with van der Waals surface area (Å²) in [6.45, 7) is 0.554. The van der Waals surface area contributed by atoms with Crippen LogP contribution in [0, 0.1) is 5.82 Å². The molecule has 3 aromatic heterocycles. The average molecular weight is 510 g/mol. The van der Waals surface area contributed by atoms with Crippen molar-refractivity contribution in [2.24, 2.45) is 7.05 Å². The highest BCUT2D eigenvalue weighted by Crippen LogP contribution is 2.29. The summed E-state index contributed by atoms with van der Waals surface area (Å²) in [6, 6.07) is 14.8. The molecule has 2 aromatic carbocycles. The Morgan fingerprint density at radius 3 is 2.62 bits per heavy atom. The maximum Gasteiger partial charge on any atom is 0.405 e. The molecule has 0 aliphatic heterocycles. The van der Waals surface area contributed by atoms with E-state index < -0.39 is 18.8 Å². The van der Waals surface area contributed by atoms with Crippen LogP contribution in [0.4, 0.5) is 23.5 Å². The molecule has 37 heavy (non-hydrogen) atoms. The number of hydrogen-bond donors (Lipinski definition) is 2. The van der Waals surface area contributed by atoms with Gasteiger partial charge in [-0.1, -0.05) is 18.2 Å². The summed E-state index contributed by atoms with van der Waals surface area (Å²) in [5.41, 5.74) is 3.88. The van der Waals surface area contributed by atoms with Gasteiger partial charge in [-0.3, -0.25) is 4.79 Å². The first kappa shape index (κ1) is 24.3. The molecule has 3 heterocycles. The normalized spacial score (nSPS) is 12.7. The van der Waals surface area contributed by atoms with Gasteiger partial charge in [-0.2, -0.15) is 18.2 Å². The molecule has 5 aromatic rings. The molecule has 190 valence electrons. The molecule has 1 atom stereocenters. The third-order valence-corrected chi connectivity index (χ3v) is 6.05. The van der Waals surface area contributed by atoms with Gasteiger partial charge in [0.05, 0.1) is 11.6 Å². The van der Waals surface area contributed by atoms with Crippen LogP contribution in [0.5, 0.6) is 0 Å². The molecule has 0 radical (unpaired) electrons. The summed E-state index contributed by atoms with van der Waals surface area (Å²) in [6.07, 6.45) is -1.03. The fraction of sp³-hybridized carbons (Fsp3) is 0.192. The number of hydrogen-bond acceptors (Lipinski definition) is 4. The predicted octanol–water partition coefficient (Wildman–Crippen LogP) is 5.49. The Morgan fingerprint density at radius 2 is 1.86 bits per heavy atom. The zero-order chi connectivity index (χ0) is 26.3. The lowest BCUT2D eigenvalue weighted by atomic mass is 10.0. The third kappa shape index (κ3) is 5.11. The molecule has 0 unspecified atom stereocenters. The van der Waals surface area contributed by atoms with E-state index in [4.69, 9.17) is 0 Å². The maximum absolute atomic E-state index is 13.6. The highest BCUT2D eigenvalue weighted by molar-refractivity contribution is 6.08. The van der Waals surface area contributed by atoms with Gasteiger partial charge in [0.15, 0.2) is 5.65 Å². The number of nitrogens with one attached hydrogen (secondary N) is 2. The minimum absolute atomic E-state index is 0.126. The summed E-state index contributed by atoms with van der Waals surface area (Å²) in [4.78, 5) is 17.3. The quantitative estimate of drug-likeness (QED) is 0.296. The second-order valence-electron chi connectivity index (χ2n) is 8.76. The van der Waals surface area contributed by atoms with Crippen LogP contribution >= 0.6 is 0 Å². The molecule has 0 saturated carbocycles. The molecule has 7 nitrogen and oxygen atoms in total. The van der Waals surface area contributed by atoms with Crippen LogP contribution in [0.2, 0.25) is 0 Å². The first-order valence-corrected chi connectivity index (χ1v) is 11.4. The standard InChI is InChI=1S/C26H22F4N6O/c1-15(16-4-3-5-19(27)10-16)32-24(37)21-13-35(2)22-7-6-17(11-20(21)22)18-8-9-36-23(12-18)33-25(34-36)31-14-26(28,29)30/h3-13,15H,14H2,1-2H3,(H,31,34)(H,32,37)/t15-/m0/s1. The predicted molar refractivity (Wildman–Crippen MR) is 132 cm³/mol. The summed E-state index contributed by atoms with van der Waals surface area (Å²) in [5, 5.41) is 9.83. The van der Waals surface area contributed by atoms with Crippen LogP contribution in [0.25, 0.3) is 27.7 Å². The van der Waals surface area contributed by atoms with E-state index in [1.807, 2.05) is 29.8 Å². The lowest BCUT2D eigenvalue weighted by molar-refractivity contribution is -0.115. The van der Waals surface area contributed by atoms with Crippen LogP contribution < -0.4 is 10.6 Å². The smallest absolute Gasteiger partial charge is 0.350 e. The van der Waals surface area contributed by atoms with Crippen LogP contribution in [0.15, 0.2) is 67.0 Å². The third-order valence-electron chi connectivity index (χ3n) is 6.05. The van der Waals surface area contributed by atoms with E-state index in [1.165, 1.54) is 16.6 Å². The number of aryl methyl sites for hydroxylation is 1. The van der Waals surface area contributed by atoms with Crippen molar-refractivity contribution < 1.29 is 22.4 Å².